The Morgan fingerprint density at radius 2 is 2.14 bits per heavy atom. The van der Waals surface area contributed by atoms with Crippen molar-refractivity contribution >= 4 is 16.6 Å². The smallest absolute Gasteiger partial charge is 0.134 e. The number of benzene rings is 1. The first-order chi connectivity index (χ1) is 6.92. The average molecular weight is 182 g/mol. The van der Waals surface area contributed by atoms with Gasteiger partial charge in [-0.05, 0) is 11.5 Å². The number of rotatable bonds is 2. The van der Waals surface area contributed by atoms with E-state index >= 15 is 0 Å². The summed E-state index contributed by atoms with van der Waals surface area (Å²) in [6.45, 7) is 0.501. The highest BCUT2D eigenvalue weighted by Crippen LogP contribution is 2.19. The summed E-state index contributed by atoms with van der Waals surface area (Å²) in [4.78, 5) is 4.24. The molecule has 0 aliphatic heterocycles. The van der Waals surface area contributed by atoms with Gasteiger partial charge in [-0.15, -0.1) is 6.42 Å². The van der Waals surface area contributed by atoms with E-state index in [0.29, 0.717) is 6.54 Å². The van der Waals surface area contributed by atoms with Gasteiger partial charge in [0.1, 0.15) is 5.82 Å². The summed E-state index contributed by atoms with van der Waals surface area (Å²) in [5.41, 5.74) is 0. The quantitative estimate of drug-likeness (QED) is 0.721. The van der Waals surface area contributed by atoms with Gasteiger partial charge in [-0.2, -0.15) is 0 Å². The highest BCUT2D eigenvalue weighted by atomic mass is 15.0. The van der Waals surface area contributed by atoms with Crippen molar-refractivity contribution in [1.82, 2.24) is 4.98 Å². The summed E-state index contributed by atoms with van der Waals surface area (Å²) >= 11 is 0. The van der Waals surface area contributed by atoms with Crippen molar-refractivity contribution < 1.29 is 0 Å². The Morgan fingerprint density at radius 3 is 3.00 bits per heavy atom. The van der Waals surface area contributed by atoms with Crippen LogP contribution >= 0.6 is 0 Å². The molecule has 14 heavy (non-hydrogen) atoms. The minimum absolute atomic E-state index is 0.501. The van der Waals surface area contributed by atoms with Crippen LogP contribution in [0.3, 0.4) is 0 Å². The van der Waals surface area contributed by atoms with Crippen LogP contribution in [-0.2, 0) is 0 Å². The summed E-state index contributed by atoms with van der Waals surface area (Å²) in [5.74, 6) is 3.38. The Labute approximate surface area is 83.0 Å². The highest BCUT2D eigenvalue weighted by Gasteiger charge is 1.98. The Bertz CT molecular complexity index is 478. The first-order valence-corrected chi connectivity index (χ1v) is 4.43. The Morgan fingerprint density at radius 1 is 1.29 bits per heavy atom. The zero-order valence-electron chi connectivity index (χ0n) is 7.70. The summed E-state index contributed by atoms with van der Waals surface area (Å²) in [7, 11) is 0. The number of pyridine rings is 1. The highest BCUT2D eigenvalue weighted by molar-refractivity contribution is 5.91. The molecule has 0 amide bonds. The van der Waals surface area contributed by atoms with Gasteiger partial charge in [0.05, 0.1) is 6.54 Å². The maximum atomic E-state index is 5.18. The van der Waals surface area contributed by atoms with Crippen molar-refractivity contribution in [3.8, 4) is 12.3 Å². The molecule has 1 N–H and O–H groups in total. The van der Waals surface area contributed by atoms with E-state index in [-0.39, 0.29) is 0 Å². The molecule has 0 unspecified atom stereocenters. The molecule has 2 rings (SSSR count). The van der Waals surface area contributed by atoms with E-state index in [1.54, 1.807) is 6.20 Å². The molecule has 2 heteroatoms. The number of anilines is 1. The van der Waals surface area contributed by atoms with Crippen molar-refractivity contribution in [1.29, 1.82) is 0 Å². The van der Waals surface area contributed by atoms with Crippen LogP contribution < -0.4 is 5.32 Å². The molecule has 2 aromatic rings. The van der Waals surface area contributed by atoms with Crippen LogP contribution in [0.2, 0.25) is 0 Å². The number of terminal acetylenes is 1. The maximum Gasteiger partial charge on any atom is 0.134 e. The van der Waals surface area contributed by atoms with Crippen LogP contribution in [0.25, 0.3) is 10.8 Å². The molecule has 0 radical (unpaired) electrons. The number of nitrogens with zero attached hydrogens (tertiary/aromatic N) is 1. The van der Waals surface area contributed by atoms with Gasteiger partial charge in [0.25, 0.3) is 0 Å². The molecule has 1 heterocycles. The molecule has 0 fully saturated rings. The fourth-order valence-electron chi connectivity index (χ4n) is 1.40. The molecule has 68 valence electrons. The van der Waals surface area contributed by atoms with Crippen molar-refractivity contribution in [3.05, 3.63) is 36.5 Å². The molecule has 0 spiro atoms. The van der Waals surface area contributed by atoms with Crippen LogP contribution in [0.1, 0.15) is 0 Å². The second kappa shape index (κ2) is 3.80. The molecular weight excluding hydrogens is 172 g/mol. The van der Waals surface area contributed by atoms with Crippen molar-refractivity contribution in [2.24, 2.45) is 0 Å². The molecule has 1 aromatic carbocycles. The van der Waals surface area contributed by atoms with Crippen molar-refractivity contribution in [2.75, 3.05) is 11.9 Å². The molecule has 1 aromatic heterocycles. The van der Waals surface area contributed by atoms with E-state index in [2.05, 4.69) is 22.3 Å². The van der Waals surface area contributed by atoms with Crippen LogP contribution in [0.15, 0.2) is 36.5 Å². The fraction of sp³-hybridized carbons (Fsp3) is 0.0833. The summed E-state index contributed by atoms with van der Waals surface area (Å²) in [6.07, 6.45) is 6.96. The van der Waals surface area contributed by atoms with Gasteiger partial charge < -0.3 is 5.32 Å². The van der Waals surface area contributed by atoms with Crippen molar-refractivity contribution in [3.63, 3.8) is 0 Å². The van der Waals surface area contributed by atoms with Gasteiger partial charge in [0, 0.05) is 11.6 Å². The monoisotopic (exact) mass is 182 g/mol. The lowest BCUT2D eigenvalue weighted by atomic mass is 10.1. The van der Waals surface area contributed by atoms with E-state index in [9.17, 15) is 0 Å². The third-order valence-electron chi connectivity index (χ3n) is 2.03. The van der Waals surface area contributed by atoms with E-state index in [1.165, 1.54) is 5.39 Å². The lowest BCUT2D eigenvalue weighted by Crippen LogP contribution is -2.00. The molecule has 0 saturated carbocycles. The second-order valence-electron chi connectivity index (χ2n) is 2.94. The third kappa shape index (κ3) is 1.53. The predicted octanol–water partition coefficient (Wildman–Crippen LogP) is 2.28. The minimum atomic E-state index is 0.501. The van der Waals surface area contributed by atoms with Gasteiger partial charge in [0.2, 0.25) is 0 Å². The molecule has 0 aliphatic rings. The number of aromatic nitrogens is 1. The molecular formula is C12H10N2. The number of nitrogens with one attached hydrogen (secondary N) is 1. The second-order valence-corrected chi connectivity index (χ2v) is 2.94. The molecule has 0 aliphatic carbocycles. The zero-order chi connectivity index (χ0) is 9.80. The molecule has 0 atom stereocenters. The Balaban J connectivity index is 2.49. The molecule has 2 nitrogen and oxygen atoms in total. The maximum absolute atomic E-state index is 5.18. The van der Waals surface area contributed by atoms with Gasteiger partial charge in [0.15, 0.2) is 0 Å². The van der Waals surface area contributed by atoms with Crippen LogP contribution in [0.5, 0.6) is 0 Å². The lowest BCUT2D eigenvalue weighted by Gasteiger charge is -2.05. The molecule has 0 saturated heterocycles. The predicted molar refractivity (Wildman–Crippen MR) is 59.1 cm³/mol. The Kier molecular flexibility index (Phi) is 2.33. The summed E-state index contributed by atoms with van der Waals surface area (Å²) in [6, 6.07) is 10.1. The van der Waals surface area contributed by atoms with E-state index in [0.717, 1.165) is 11.2 Å². The summed E-state index contributed by atoms with van der Waals surface area (Å²) < 4.78 is 0. The van der Waals surface area contributed by atoms with Crippen LogP contribution in [-0.4, -0.2) is 11.5 Å². The first-order valence-electron chi connectivity index (χ1n) is 4.43. The summed E-state index contributed by atoms with van der Waals surface area (Å²) in [5, 5.41) is 5.36. The molecule has 0 bridgehead atoms. The average Bonchev–Trinajstić information content (AvgIpc) is 2.26. The SMILES string of the molecule is C#CCNc1nccc2ccccc12. The van der Waals surface area contributed by atoms with E-state index in [4.69, 9.17) is 6.42 Å². The van der Waals surface area contributed by atoms with Gasteiger partial charge >= 0.3 is 0 Å². The van der Waals surface area contributed by atoms with Gasteiger partial charge in [-0.1, -0.05) is 30.2 Å². The van der Waals surface area contributed by atoms with Crippen LogP contribution in [0.4, 0.5) is 5.82 Å². The largest absolute Gasteiger partial charge is 0.359 e. The van der Waals surface area contributed by atoms with E-state index in [1.807, 2.05) is 24.3 Å². The van der Waals surface area contributed by atoms with Crippen molar-refractivity contribution in [2.45, 2.75) is 0 Å². The third-order valence-corrected chi connectivity index (χ3v) is 2.03. The van der Waals surface area contributed by atoms with Gasteiger partial charge in [-0.25, -0.2) is 4.98 Å². The van der Waals surface area contributed by atoms with E-state index < -0.39 is 0 Å². The standard InChI is InChI=1S/C12H10N2/c1-2-8-13-12-11-6-4-3-5-10(11)7-9-14-12/h1,3-7,9H,8H2,(H,13,14). The normalized spacial score (nSPS) is 9.64. The topological polar surface area (TPSA) is 24.9 Å². The fourth-order valence-corrected chi connectivity index (χ4v) is 1.40. The van der Waals surface area contributed by atoms with Gasteiger partial charge in [-0.3, -0.25) is 0 Å². The number of fused-ring (bicyclic) bond motifs is 1. The van der Waals surface area contributed by atoms with Crippen LogP contribution in [0, 0.1) is 12.3 Å². The Hall–Kier alpha value is -2.01. The number of hydrogen-bond donors (Lipinski definition) is 1. The zero-order valence-corrected chi connectivity index (χ0v) is 7.70. The lowest BCUT2D eigenvalue weighted by molar-refractivity contribution is 1.27. The minimum Gasteiger partial charge on any atom is -0.359 e. The first kappa shape index (κ1) is 8.58. The number of hydrogen-bond acceptors (Lipinski definition) is 2.